The Morgan fingerprint density at radius 2 is 1.74 bits per heavy atom. The van der Waals surface area contributed by atoms with Crippen LogP contribution in [0.1, 0.15) is 44.4 Å². The van der Waals surface area contributed by atoms with Crippen LogP contribution in [0, 0.1) is 6.92 Å². The van der Waals surface area contributed by atoms with Crippen molar-refractivity contribution in [3.63, 3.8) is 0 Å². The molecule has 0 radical (unpaired) electrons. The Kier molecular flexibility index (Phi) is 7.26. The number of nitrogens with zero attached hydrogens (tertiary/aromatic N) is 6. The first-order valence-corrected chi connectivity index (χ1v) is 13.6. The summed E-state index contributed by atoms with van der Waals surface area (Å²) < 4.78 is 5.10. The Balaban J connectivity index is 1.10. The standard InChI is InChI=1S/C29H34N8O/c1-20-32-28(36-38-20)22-13-14-27(31-18-22)37-17-7-10-23(19-37)33-25-11-5-6-12-26(25)35-29-30-16-15-24(34-29)21-8-3-2-4-9-21/h2-4,8-9,13-16,18,23,25-26,33H,5-7,10-12,17,19H2,1H3,(H,30,34,35). The lowest BCUT2D eigenvalue weighted by molar-refractivity contribution is 0.292. The second-order valence-corrected chi connectivity index (χ2v) is 10.3. The third-order valence-corrected chi connectivity index (χ3v) is 7.53. The molecule has 1 aliphatic carbocycles. The maximum absolute atomic E-state index is 5.10. The van der Waals surface area contributed by atoms with Crippen LogP contribution in [0.5, 0.6) is 0 Å². The molecule has 2 fully saturated rings. The molecule has 3 unspecified atom stereocenters. The van der Waals surface area contributed by atoms with Crippen LogP contribution in [0.3, 0.4) is 0 Å². The second kappa shape index (κ2) is 11.3. The van der Waals surface area contributed by atoms with Crippen molar-refractivity contribution in [2.45, 2.75) is 63.6 Å². The van der Waals surface area contributed by atoms with E-state index in [0.29, 0.717) is 35.8 Å². The molecule has 3 aromatic heterocycles. The maximum Gasteiger partial charge on any atom is 0.223 e. The van der Waals surface area contributed by atoms with Gasteiger partial charge in [-0.3, -0.25) is 0 Å². The number of rotatable bonds is 7. The molecule has 1 aliphatic heterocycles. The molecule has 2 aliphatic rings. The van der Waals surface area contributed by atoms with Gasteiger partial charge in [0.15, 0.2) is 0 Å². The zero-order chi connectivity index (χ0) is 25.7. The first kappa shape index (κ1) is 24.5. The van der Waals surface area contributed by atoms with E-state index in [-0.39, 0.29) is 0 Å². The van der Waals surface area contributed by atoms with Gasteiger partial charge in [-0.15, -0.1) is 0 Å². The highest BCUT2D eigenvalue weighted by molar-refractivity contribution is 5.59. The van der Waals surface area contributed by atoms with Crippen molar-refractivity contribution in [1.29, 1.82) is 0 Å². The number of benzene rings is 1. The van der Waals surface area contributed by atoms with Crippen molar-refractivity contribution < 1.29 is 4.52 Å². The number of nitrogens with one attached hydrogen (secondary N) is 2. The molecule has 6 rings (SSSR count). The van der Waals surface area contributed by atoms with E-state index in [1.807, 2.05) is 42.7 Å². The van der Waals surface area contributed by atoms with Gasteiger partial charge in [0.2, 0.25) is 17.7 Å². The van der Waals surface area contributed by atoms with Gasteiger partial charge in [0, 0.05) is 61.7 Å². The smallest absolute Gasteiger partial charge is 0.223 e. The molecule has 3 atom stereocenters. The lowest BCUT2D eigenvalue weighted by Crippen LogP contribution is -2.55. The Bertz CT molecular complexity index is 1330. The summed E-state index contributed by atoms with van der Waals surface area (Å²) in [5.41, 5.74) is 2.92. The van der Waals surface area contributed by atoms with Crippen LogP contribution >= 0.6 is 0 Å². The molecule has 1 aromatic carbocycles. The lowest BCUT2D eigenvalue weighted by Gasteiger charge is -2.40. The lowest BCUT2D eigenvalue weighted by atomic mass is 9.89. The molecule has 1 saturated carbocycles. The highest BCUT2D eigenvalue weighted by atomic mass is 16.5. The fourth-order valence-corrected chi connectivity index (χ4v) is 5.61. The van der Waals surface area contributed by atoms with Crippen LogP contribution < -0.4 is 15.5 Å². The van der Waals surface area contributed by atoms with Gasteiger partial charge < -0.3 is 20.1 Å². The van der Waals surface area contributed by atoms with Crippen molar-refractivity contribution >= 4 is 11.8 Å². The molecule has 4 heterocycles. The summed E-state index contributed by atoms with van der Waals surface area (Å²) in [6.45, 7) is 3.75. The summed E-state index contributed by atoms with van der Waals surface area (Å²) in [5, 5.41) is 11.7. The van der Waals surface area contributed by atoms with E-state index in [2.05, 4.69) is 48.9 Å². The molecule has 196 valence electrons. The van der Waals surface area contributed by atoms with E-state index in [9.17, 15) is 0 Å². The molecule has 9 nitrogen and oxygen atoms in total. The van der Waals surface area contributed by atoms with Crippen LogP contribution in [-0.4, -0.2) is 56.3 Å². The second-order valence-electron chi connectivity index (χ2n) is 10.3. The van der Waals surface area contributed by atoms with Gasteiger partial charge in [-0.2, -0.15) is 4.98 Å². The van der Waals surface area contributed by atoms with E-state index < -0.39 is 0 Å². The molecule has 38 heavy (non-hydrogen) atoms. The largest absolute Gasteiger partial charge is 0.355 e. The summed E-state index contributed by atoms with van der Waals surface area (Å²) in [7, 11) is 0. The van der Waals surface area contributed by atoms with Crippen molar-refractivity contribution in [2.75, 3.05) is 23.3 Å². The first-order valence-electron chi connectivity index (χ1n) is 13.6. The monoisotopic (exact) mass is 510 g/mol. The third-order valence-electron chi connectivity index (χ3n) is 7.53. The van der Waals surface area contributed by atoms with Crippen molar-refractivity contribution in [3.05, 3.63) is 66.8 Å². The normalized spacial score (nSPS) is 21.8. The van der Waals surface area contributed by atoms with Gasteiger partial charge in [0.05, 0.1) is 5.69 Å². The highest BCUT2D eigenvalue weighted by Crippen LogP contribution is 2.26. The minimum Gasteiger partial charge on any atom is -0.355 e. The summed E-state index contributed by atoms with van der Waals surface area (Å²) in [6, 6.07) is 17.4. The number of hydrogen-bond acceptors (Lipinski definition) is 9. The first-order chi connectivity index (χ1) is 18.7. The summed E-state index contributed by atoms with van der Waals surface area (Å²) in [6.07, 6.45) is 10.7. The number of aromatic nitrogens is 5. The minimum atomic E-state index is 0.306. The predicted molar refractivity (Wildman–Crippen MR) is 148 cm³/mol. The van der Waals surface area contributed by atoms with E-state index in [4.69, 9.17) is 14.5 Å². The van der Waals surface area contributed by atoms with Crippen molar-refractivity contribution in [2.24, 2.45) is 0 Å². The van der Waals surface area contributed by atoms with Gasteiger partial charge in [-0.1, -0.05) is 48.3 Å². The van der Waals surface area contributed by atoms with E-state index in [1.54, 1.807) is 6.92 Å². The van der Waals surface area contributed by atoms with Gasteiger partial charge >= 0.3 is 0 Å². The zero-order valence-electron chi connectivity index (χ0n) is 21.8. The van der Waals surface area contributed by atoms with Gasteiger partial charge in [-0.25, -0.2) is 15.0 Å². The maximum atomic E-state index is 5.10. The molecule has 4 aromatic rings. The Morgan fingerprint density at radius 3 is 2.53 bits per heavy atom. The molecule has 2 N–H and O–H groups in total. The Hall–Kier alpha value is -3.85. The molecular formula is C29H34N8O. The molecular weight excluding hydrogens is 476 g/mol. The fourth-order valence-electron chi connectivity index (χ4n) is 5.61. The van der Waals surface area contributed by atoms with Crippen LogP contribution in [0.4, 0.5) is 11.8 Å². The number of pyridine rings is 1. The van der Waals surface area contributed by atoms with Gasteiger partial charge in [-0.05, 0) is 43.9 Å². The van der Waals surface area contributed by atoms with Gasteiger partial charge in [0.25, 0.3) is 0 Å². The zero-order valence-corrected chi connectivity index (χ0v) is 21.8. The van der Waals surface area contributed by atoms with Crippen LogP contribution in [0.15, 0.2) is 65.4 Å². The predicted octanol–water partition coefficient (Wildman–Crippen LogP) is 4.88. The fraction of sp³-hybridized carbons (Fsp3) is 0.414. The van der Waals surface area contributed by atoms with Crippen LogP contribution in [-0.2, 0) is 0 Å². The minimum absolute atomic E-state index is 0.306. The summed E-state index contributed by atoms with van der Waals surface area (Å²) in [4.78, 5) is 20.8. The van der Waals surface area contributed by atoms with Crippen molar-refractivity contribution in [3.8, 4) is 22.6 Å². The topological polar surface area (TPSA) is 105 Å². The molecule has 0 spiro atoms. The highest BCUT2D eigenvalue weighted by Gasteiger charge is 2.30. The van der Waals surface area contributed by atoms with Crippen LogP contribution in [0.25, 0.3) is 22.6 Å². The summed E-state index contributed by atoms with van der Waals surface area (Å²) in [5.74, 6) is 2.83. The number of piperidine rings is 1. The average molecular weight is 511 g/mol. The summed E-state index contributed by atoms with van der Waals surface area (Å²) >= 11 is 0. The van der Waals surface area contributed by atoms with Gasteiger partial charge in [0.1, 0.15) is 5.82 Å². The number of aryl methyl sites for hydroxylation is 1. The van der Waals surface area contributed by atoms with E-state index in [0.717, 1.165) is 55.0 Å². The van der Waals surface area contributed by atoms with E-state index in [1.165, 1.54) is 19.3 Å². The van der Waals surface area contributed by atoms with Crippen molar-refractivity contribution in [1.82, 2.24) is 30.4 Å². The number of hydrogen-bond donors (Lipinski definition) is 2. The quantitative estimate of drug-likeness (QED) is 0.360. The molecule has 1 saturated heterocycles. The Labute approximate surface area is 223 Å². The van der Waals surface area contributed by atoms with Crippen LogP contribution in [0.2, 0.25) is 0 Å². The molecule has 9 heteroatoms. The Morgan fingerprint density at radius 1 is 0.868 bits per heavy atom. The van der Waals surface area contributed by atoms with E-state index >= 15 is 0 Å². The molecule has 0 amide bonds. The number of anilines is 2. The third kappa shape index (κ3) is 5.67. The molecule has 0 bridgehead atoms. The SMILES string of the molecule is Cc1nc(-c2ccc(N3CCCC(NC4CCCCC4Nc4nccc(-c5ccccc5)n4)C3)nc2)no1. The average Bonchev–Trinajstić information content (AvgIpc) is 3.41.